The van der Waals surface area contributed by atoms with Gasteiger partial charge in [0.15, 0.2) is 5.65 Å². The van der Waals surface area contributed by atoms with Crippen molar-refractivity contribution in [3.05, 3.63) is 49.1 Å². The lowest BCUT2D eigenvalue weighted by molar-refractivity contribution is -0.0229. The summed E-state index contributed by atoms with van der Waals surface area (Å²) >= 11 is 0. The third-order valence-electron chi connectivity index (χ3n) is 7.55. The minimum Gasteiger partial charge on any atom is -0.486 e. The summed E-state index contributed by atoms with van der Waals surface area (Å²) in [5.74, 6) is 2.97. The van der Waals surface area contributed by atoms with Gasteiger partial charge in [-0.15, -0.1) is 0 Å². The van der Waals surface area contributed by atoms with Crippen LogP contribution in [0.1, 0.15) is 32.1 Å². The molecule has 2 aromatic heterocycles. The van der Waals surface area contributed by atoms with Crippen LogP contribution in [0.2, 0.25) is 0 Å². The average Bonchev–Trinajstić information content (AvgIpc) is 3.47. The number of rotatable bonds is 4. The number of benzene rings is 1. The highest BCUT2D eigenvalue weighted by atomic mass is 16.5. The van der Waals surface area contributed by atoms with Crippen molar-refractivity contribution in [3.8, 4) is 5.75 Å². The van der Waals surface area contributed by atoms with Crippen molar-refractivity contribution in [1.29, 1.82) is 0 Å². The Kier molecular flexibility index (Phi) is 5.14. The van der Waals surface area contributed by atoms with E-state index >= 15 is 0 Å². The number of ether oxygens (including phenoxy) is 1. The Morgan fingerprint density at radius 3 is 2.62 bits per heavy atom. The third-order valence-corrected chi connectivity index (χ3v) is 7.55. The van der Waals surface area contributed by atoms with E-state index in [0.29, 0.717) is 11.8 Å². The van der Waals surface area contributed by atoms with Crippen molar-refractivity contribution in [1.82, 2.24) is 14.4 Å². The molecule has 0 radical (unpaired) electrons. The van der Waals surface area contributed by atoms with Crippen LogP contribution in [0.3, 0.4) is 0 Å². The van der Waals surface area contributed by atoms with Crippen molar-refractivity contribution < 1.29 is 9.84 Å². The second-order valence-electron chi connectivity index (χ2n) is 9.56. The summed E-state index contributed by atoms with van der Waals surface area (Å²) in [5.41, 5.74) is 2.04. The molecule has 7 heteroatoms. The van der Waals surface area contributed by atoms with Crippen LogP contribution in [-0.2, 0) is 0 Å². The Labute approximate surface area is 188 Å². The number of aliphatic hydroxyl groups excluding tert-OH is 1. The first-order chi connectivity index (χ1) is 15.8. The van der Waals surface area contributed by atoms with E-state index in [1.54, 1.807) is 6.20 Å². The summed E-state index contributed by atoms with van der Waals surface area (Å²) < 4.78 is 8.62. The topological polar surface area (TPSA) is 66.1 Å². The summed E-state index contributed by atoms with van der Waals surface area (Å²) in [6, 6.07) is 8.35. The van der Waals surface area contributed by atoms with E-state index in [-0.39, 0.29) is 6.10 Å². The van der Waals surface area contributed by atoms with Crippen molar-refractivity contribution in [3.63, 3.8) is 0 Å². The van der Waals surface area contributed by atoms with Crippen molar-refractivity contribution in [2.24, 2.45) is 11.8 Å². The van der Waals surface area contributed by atoms with E-state index in [1.165, 1.54) is 24.9 Å². The molecule has 0 amide bonds. The first kappa shape index (κ1) is 19.9. The molecule has 1 N–H and O–H groups in total. The van der Waals surface area contributed by atoms with E-state index in [0.717, 1.165) is 56.2 Å². The minimum atomic E-state index is -0.437. The number of hydrogen-bond acceptors (Lipinski definition) is 6. The SMILES string of the molecule is O[C@@H]1C[C@H]2CN(c3cncc4nccn34)C[C@H]2C[C@H]1Oc1ccccc1N1CCCCC1. The molecule has 1 saturated carbocycles. The van der Waals surface area contributed by atoms with Gasteiger partial charge in [0.05, 0.1) is 24.2 Å². The molecule has 3 aliphatic rings. The summed E-state index contributed by atoms with van der Waals surface area (Å²) in [4.78, 5) is 13.6. The monoisotopic (exact) mass is 433 g/mol. The van der Waals surface area contributed by atoms with Crippen LogP contribution in [0.4, 0.5) is 11.5 Å². The molecule has 2 aliphatic heterocycles. The van der Waals surface area contributed by atoms with Crippen molar-refractivity contribution in [2.75, 3.05) is 36.0 Å². The number of aliphatic hydroxyl groups is 1. The van der Waals surface area contributed by atoms with Gasteiger partial charge in [0.1, 0.15) is 17.7 Å². The first-order valence-corrected chi connectivity index (χ1v) is 12.0. The van der Waals surface area contributed by atoms with Crippen LogP contribution in [0.15, 0.2) is 49.1 Å². The maximum Gasteiger partial charge on any atom is 0.156 e. The highest BCUT2D eigenvalue weighted by Gasteiger charge is 2.43. The lowest BCUT2D eigenvalue weighted by Crippen LogP contribution is -2.42. The van der Waals surface area contributed by atoms with Gasteiger partial charge in [-0.2, -0.15) is 0 Å². The predicted molar refractivity (Wildman–Crippen MR) is 124 cm³/mol. The molecule has 1 aromatic carbocycles. The smallest absolute Gasteiger partial charge is 0.156 e. The lowest BCUT2D eigenvalue weighted by atomic mass is 9.78. The number of anilines is 2. The molecule has 3 fully saturated rings. The van der Waals surface area contributed by atoms with Crippen LogP contribution >= 0.6 is 0 Å². The predicted octanol–water partition coefficient (Wildman–Crippen LogP) is 3.37. The Morgan fingerprint density at radius 1 is 0.938 bits per heavy atom. The van der Waals surface area contributed by atoms with E-state index < -0.39 is 6.10 Å². The van der Waals surface area contributed by atoms with Gasteiger partial charge in [0.2, 0.25) is 0 Å². The minimum absolute atomic E-state index is 0.163. The van der Waals surface area contributed by atoms with Crippen LogP contribution in [-0.4, -0.2) is 57.9 Å². The van der Waals surface area contributed by atoms with Gasteiger partial charge in [0.25, 0.3) is 0 Å². The zero-order valence-electron chi connectivity index (χ0n) is 18.4. The van der Waals surface area contributed by atoms with Crippen LogP contribution in [0, 0.1) is 11.8 Å². The number of hydrogen-bond donors (Lipinski definition) is 1. The molecule has 4 heterocycles. The Bertz CT molecular complexity index is 1080. The maximum atomic E-state index is 11.0. The maximum absolute atomic E-state index is 11.0. The molecular formula is C25H31N5O2. The van der Waals surface area contributed by atoms with Crippen molar-refractivity contribution >= 4 is 17.2 Å². The molecule has 4 atom stereocenters. The second kappa shape index (κ2) is 8.28. The van der Waals surface area contributed by atoms with E-state index in [1.807, 2.05) is 24.7 Å². The van der Waals surface area contributed by atoms with Gasteiger partial charge in [-0.25, -0.2) is 4.98 Å². The molecule has 3 aromatic rings. The average molecular weight is 434 g/mol. The fraction of sp³-hybridized carbons (Fsp3) is 0.520. The Balaban J connectivity index is 1.19. The van der Waals surface area contributed by atoms with Gasteiger partial charge in [-0.05, 0) is 56.1 Å². The zero-order chi connectivity index (χ0) is 21.5. The number of nitrogens with zero attached hydrogens (tertiary/aromatic N) is 5. The largest absolute Gasteiger partial charge is 0.486 e. The summed E-state index contributed by atoms with van der Waals surface area (Å²) in [6.07, 6.45) is 12.4. The van der Waals surface area contributed by atoms with Crippen molar-refractivity contribution in [2.45, 2.75) is 44.3 Å². The fourth-order valence-electron chi connectivity index (χ4n) is 5.89. The molecule has 0 unspecified atom stereocenters. The first-order valence-electron chi connectivity index (χ1n) is 12.0. The van der Waals surface area contributed by atoms with Crippen LogP contribution in [0.5, 0.6) is 5.75 Å². The highest BCUT2D eigenvalue weighted by molar-refractivity contribution is 5.58. The van der Waals surface area contributed by atoms with Gasteiger partial charge < -0.3 is 19.6 Å². The molecule has 7 nitrogen and oxygen atoms in total. The van der Waals surface area contributed by atoms with Gasteiger partial charge in [0, 0.05) is 38.6 Å². The summed E-state index contributed by atoms with van der Waals surface area (Å²) in [7, 11) is 0. The number of aromatic nitrogens is 3. The van der Waals surface area contributed by atoms with Gasteiger partial charge in [-0.1, -0.05) is 12.1 Å². The van der Waals surface area contributed by atoms with Crippen LogP contribution < -0.4 is 14.5 Å². The fourth-order valence-corrected chi connectivity index (χ4v) is 5.89. The quantitative estimate of drug-likeness (QED) is 0.681. The standard InChI is InChI=1S/C25H31N5O2/c31-21-12-18-16-29(25-15-26-14-24-27-8-11-30(24)25)17-19(18)13-23(21)32-22-7-3-2-6-20(22)28-9-4-1-5-10-28/h2-3,6-8,11,14-15,18-19,21,23,31H,1,4-5,9-10,12-13,16-17H2/t18-,19+,21+,23+/m0/s1. The van der Waals surface area contributed by atoms with Gasteiger partial charge >= 0.3 is 0 Å². The molecule has 0 bridgehead atoms. The molecule has 0 spiro atoms. The number of piperidine rings is 1. The molecule has 32 heavy (non-hydrogen) atoms. The third kappa shape index (κ3) is 3.58. The summed E-state index contributed by atoms with van der Waals surface area (Å²) in [5, 5.41) is 11.0. The molecule has 1 aliphatic carbocycles. The molecule has 2 saturated heterocycles. The highest BCUT2D eigenvalue weighted by Crippen LogP contribution is 2.41. The van der Waals surface area contributed by atoms with E-state index in [9.17, 15) is 5.11 Å². The lowest BCUT2D eigenvalue weighted by Gasteiger charge is -2.36. The van der Waals surface area contributed by atoms with E-state index in [4.69, 9.17) is 4.74 Å². The normalized spacial score (nSPS) is 28.2. The second-order valence-corrected chi connectivity index (χ2v) is 9.56. The Morgan fingerprint density at radius 2 is 1.75 bits per heavy atom. The number of para-hydroxylation sites is 2. The van der Waals surface area contributed by atoms with Gasteiger partial charge in [-0.3, -0.25) is 9.38 Å². The molecular weight excluding hydrogens is 402 g/mol. The Hall–Kier alpha value is -2.80. The van der Waals surface area contributed by atoms with Crippen LogP contribution in [0.25, 0.3) is 5.65 Å². The summed E-state index contributed by atoms with van der Waals surface area (Å²) in [6.45, 7) is 4.07. The number of fused-ring (bicyclic) bond motifs is 2. The zero-order valence-corrected chi connectivity index (χ0v) is 18.4. The molecule has 168 valence electrons. The molecule has 6 rings (SSSR count). The number of imidazole rings is 1. The van der Waals surface area contributed by atoms with E-state index in [2.05, 4.69) is 42.4 Å².